The summed E-state index contributed by atoms with van der Waals surface area (Å²) >= 11 is 0. The molecule has 1 unspecified atom stereocenters. The summed E-state index contributed by atoms with van der Waals surface area (Å²) in [6, 6.07) is 24.9. The highest BCUT2D eigenvalue weighted by atomic mass is 16.6. The molecule has 0 amide bonds. The lowest BCUT2D eigenvalue weighted by Gasteiger charge is -2.23. The van der Waals surface area contributed by atoms with Gasteiger partial charge in [-0.2, -0.15) is 0 Å². The normalized spacial score (nSPS) is 18.3. The van der Waals surface area contributed by atoms with E-state index >= 15 is 0 Å². The summed E-state index contributed by atoms with van der Waals surface area (Å²) in [6.45, 7) is 1.97. The first-order valence-electron chi connectivity index (χ1n) is 9.73. The van der Waals surface area contributed by atoms with Crippen molar-refractivity contribution in [3.05, 3.63) is 101 Å². The first-order valence-corrected chi connectivity index (χ1v) is 9.73. The third-order valence-corrected chi connectivity index (χ3v) is 5.54. The number of H-pyrrole nitrogens is 1. The Morgan fingerprint density at radius 1 is 0.933 bits per heavy atom. The standard InChI is InChI=1S/C25H20N2O3/c1-16-22(20-10-6-7-11-21(20)26-16)25(18-8-4-3-5-9-18)24(28)30-23(27-25)17-12-14-19(29-2)15-13-17/h3-15,26H,1-2H3. The fraction of sp³-hybridized carbons (Fsp3) is 0.120. The maximum Gasteiger partial charge on any atom is 0.350 e. The minimum Gasteiger partial charge on any atom is -0.497 e. The van der Waals surface area contributed by atoms with Crippen LogP contribution in [0.15, 0.2) is 83.9 Å². The Morgan fingerprint density at radius 2 is 1.63 bits per heavy atom. The van der Waals surface area contributed by atoms with Crippen molar-refractivity contribution in [3.63, 3.8) is 0 Å². The van der Waals surface area contributed by atoms with Crippen LogP contribution in [0.5, 0.6) is 5.75 Å². The van der Waals surface area contributed by atoms with Gasteiger partial charge < -0.3 is 14.5 Å². The molecule has 148 valence electrons. The Bertz CT molecular complexity index is 1270. The van der Waals surface area contributed by atoms with Crippen LogP contribution in [-0.2, 0) is 15.1 Å². The summed E-state index contributed by atoms with van der Waals surface area (Å²) in [7, 11) is 1.61. The Labute approximate surface area is 174 Å². The van der Waals surface area contributed by atoms with Gasteiger partial charge in [0.2, 0.25) is 11.4 Å². The zero-order chi connectivity index (χ0) is 20.7. The zero-order valence-electron chi connectivity index (χ0n) is 16.7. The number of aryl methyl sites for hydroxylation is 1. The van der Waals surface area contributed by atoms with Crippen LogP contribution in [0, 0.1) is 6.92 Å². The predicted octanol–water partition coefficient (Wildman–Crippen LogP) is 4.73. The molecule has 2 heterocycles. The molecule has 30 heavy (non-hydrogen) atoms. The van der Waals surface area contributed by atoms with Crippen molar-refractivity contribution < 1.29 is 14.3 Å². The average Bonchev–Trinajstić information content (AvgIpc) is 3.31. The number of hydrogen-bond donors (Lipinski definition) is 1. The van der Waals surface area contributed by atoms with Crippen LogP contribution in [0.1, 0.15) is 22.4 Å². The highest BCUT2D eigenvalue weighted by Gasteiger charge is 2.51. The monoisotopic (exact) mass is 396 g/mol. The zero-order valence-corrected chi connectivity index (χ0v) is 16.7. The molecule has 5 nitrogen and oxygen atoms in total. The Kier molecular flexibility index (Phi) is 4.17. The number of methoxy groups -OCH3 is 1. The van der Waals surface area contributed by atoms with E-state index < -0.39 is 11.5 Å². The number of ether oxygens (including phenoxy) is 2. The van der Waals surface area contributed by atoms with Crippen LogP contribution >= 0.6 is 0 Å². The van der Waals surface area contributed by atoms with E-state index in [9.17, 15) is 4.79 Å². The van der Waals surface area contributed by atoms with Gasteiger partial charge in [0.15, 0.2) is 0 Å². The number of aromatic amines is 1. The van der Waals surface area contributed by atoms with Gasteiger partial charge in [0, 0.05) is 27.7 Å². The van der Waals surface area contributed by atoms with Crippen LogP contribution in [0.25, 0.3) is 10.9 Å². The number of aliphatic imine (C=N–C) groups is 1. The van der Waals surface area contributed by atoms with Gasteiger partial charge in [-0.25, -0.2) is 9.79 Å². The number of cyclic esters (lactones) is 1. The highest BCUT2D eigenvalue weighted by Crippen LogP contribution is 2.44. The van der Waals surface area contributed by atoms with E-state index in [1.54, 1.807) is 7.11 Å². The second kappa shape index (κ2) is 6.88. The van der Waals surface area contributed by atoms with Gasteiger partial charge in [-0.3, -0.25) is 0 Å². The molecule has 1 N–H and O–H groups in total. The molecule has 5 heteroatoms. The van der Waals surface area contributed by atoms with Crippen molar-refractivity contribution >= 4 is 22.8 Å². The number of para-hydroxylation sites is 1. The largest absolute Gasteiger partial charge is 0.497 e. The van der Waals surface area contributed by atoms with Gasteiger partial charge in [0.25, 0.3) is 0 Å². The van der Waals surface area contributed by atoms with Gasteiger partial charge in [-0.05, 0) is 42.8 Å². The van der Waals surface area contributed by atoms with E-state index in [2.05, 4.69) is 4.98 Å². The van der Waals surface area contributed by atoms with E-state index in [0.717, 1.165) is 39.0 Å². The van der Waals surface area contributed by atoms with Gasteiger partial charge in [-0.15, -0.1) is 0 Å². The molecular weight excluding hydrogens is 376 g/mol. The number of rotatable bonds is 4. The summed E-state index contributed by atoms with van der Waals surface area (Å²) in [5.41, 5.74) is 2.88. The van der Waals surface area contributed by atoms with Crippen LogP contribution < -0.4 is 4.74 Å². The molecule has 3 aromatic carbocycles. The molecule has 0 spiro atoms. The molecule has 1 atom stereocenters. The smallest absolute Gasteiger partial charge is 0.350 e. The van der Waals surface area contributed by atoms with Crippen molar-refractivity contribution in [1.29, 1.82) is 0 Å². The summed E-state index contributed by atoms with van der Waals surface area (Å²) in [5.74, 6) is 0.619. The Morgan fingerprint density at radius 3 is 2.37 bits per heavy atom. The van der Waals surface area contributed by atoms with E-state index in [1.165, 1.54) is 0 Å². The van der Waals surface area contributed by atoms with Gasteiger partial charge >= 0.3 is 5.97 Å². The lowest BCUT2D eigenvalue weighted by atomic mass is 9.82. The second-order valence-electron chi connectivity index (χ2n) is 7.28. The number of benzene rings is 3. The fourth-order valence-electron chi connectivity index (χ4n) is 4.15. The molecule has 0 radical (unpaired) electrons. The van der Waals surface area contributed by atoms with Crippen molar-refractivity contribution in [1.82, 2.24) is 4.98 Å². The fourth-order valence-corrected chi connectivity index (χ4v) is 4.15. The molecule has 0 fully saturated rings. The number of aromatic nitrogens is 1. The van der Waals surface area contributed by atoms with E-state index in [-0.39, 0.29) is 0 Å². The SMILES string of the molecule is COc1ccc(C2=NC(c3ccccc3)(c3c(C)[nH]c4ccccc34)C(=O)O2)cc1. The molecule has 1 aromatic heterocycles. The van der Waals surface area contributed by atoms with Crippen molar-refractivity contribution in [2.45, 2.75) is 12.5 Å². The number of esters is 1. The molecule has 0 aliphatic carbocycles. The summed E-state index contributed by atoms with van der Waals surface area (Å²) in [6.07, 6.45) is 0. The number of nitrogens with zero attached hydrogens (tertiary/aromatic N) is 1. The summed E-state index contributed by atoms with van der Waals surface area (Å²) in [4.78, 5) is 21.9. The van der Waals surface area contributed by atoms with Crippen molar-refractivity contribution in [2.24, 2.45) is 4.99 Å². The topological polar surface area (TPSA) is 63.7 Å². The highest BCUT2D eigenvalue weighted by molar-refractivity contribution is 6.11. The van der Waals surface area contributed by atoms with Crippen molar-refractivity contribution in [3.8, 4) is 5.75 Å². The Hall–Kier alpha value is -3.86. The molecule has 0 saturated carbocycles. The summed E-state index contributed by atoms with van der Waals surface area (Å²) in [5, 5.41) is 0.954. The summed E-state index contributed by atoms with van der Waals surface area (Å²) < 4.78 is 11.0. The van der Waals surface area contributed by atoms with Gasteiger partial charge in [0.1, 0.15) is 5.75 Å². The number of carbonyl (C=O) groups is 1. The number of hydrogen-bond acceptors (Lipinski definition) is 4. The number of carbonyl (C=O) groups excluding carboxylic acids is 1. The minimum atomic E-state index is -1.28. The number of fused-ring (bicyclic) bond motifs is 1. The van der Waals surface area contributed by atoms with Crippen LogP contribution in [-0.4, -0.2) is 24.0 Å². The first-order chi connectivity index (χ1) is 14.6. The van der Waals surface area contributed by atoms with Gasteiger partial charge in [0.05, 0.1) is 7.11 Å². The van der Waals surface area contributed by atoms with Crippen LogP contribution in [0.4, 0.5) is 0 Å². The van der Waals surface area contributed by atoms with Gasteiger partial charge in [-0.1, -0.05) is 48.5 Å². The second-order valence-corrected chi connectivity index (χ2v) is 7.28. The third kappa shape index (κ3) is 2.63. The molecule has 0 bridgehead atoms. The van der Waals surface area contributed by atoms with E-state index in [0.29, 0.717) is 5.90 Å². The molecule has 4 aromatic rings. The lowest BCUT2D eigenvalue weighted by Crippen LogP contribution is -2.33. The lowest BCUT2D eigenvalue weighted by molar-refractivity contribution is -0.137. The third-order valence-electron chi connectivity index (χ3n) is 5.54. The Balaban J connectivity index is 1.78. The van der Waals surface area contributed by atoms with Crippen molar-refractivity contribution in [2.75, 3.05) is 7.11 Å². The molecule has 1 aliphatic heterocycles. The first kappa shape index (κ1) is 18.2. The van der Waals surface area contributed by atoms with E-state index in [4.69, 9.17) is 14.5 Å². The maximum atomic E-state index is 13.5. The molecule has 5 rings (SSSR count). The average molecular weight is 396 g/mol. The predicted molar refractivity (Wildman–Crippen MR) is 116 cm³/mol. The molecule has 1 aliphatic rings. The molecular formula is C25H20N2O3. The van der Waals surface area contributed by atoms with Crippen LogP contribution in [0.2, 0.25) is 0 Å². The van der Waals surface area contributed by atoms with Crippen LogP contribution in [0.3, 0.4) is 0 Å². The van der Waals surface area contributed by atoms with E-state index in [1.807, 2.05) is 85.8 Å². The quantitative estimate of drug-likeness (QED) is 0.507. The number of nitrogens with one attached hydrogen (secondary N) is 1. The maximum absolute atomic E-state index is 13.5. The molecule has 0 saturated heterocycles. The minimum absolute atomic E-state index is 0.302.